The minimum absolute atomic E-state index is 0.197. The summed E-state index contributed by atoms with van der Waals surface area (Å²) in [5.74, 6) is 0.668. The molecule has 2 atom stereocenters. The molecule has 0 bridgehead atoms. The predicted molar refractivity (Wildman–Crippen MR) is 54.7 cm³/mol. The van der Waals surface area contributed by atoms with Crippen molar-refractivity contribution in [3.63, 3.8) is 0 Å². The van der Waals surface area contributed by atoms with Gasteiger partial charge in [0.2, 0.25) is 0 Å². The number of carbonyl (C=O) groups excluding carboxylic acids is 1. The third kappa shape index (κ3) is 3.19. The minimum Gasteiger partial charge on any atom is -0.469 e. The normalized spacial score (nSPS) is 34.2. The molecule has 13 heavy (non-hydrogen) atoms. The van der Waals surface area contributed by atoms with Crippen LogP contribution in [0.4, 0.5) is 0 Å². The SMILES string of the molecule is COC(=O)CC1(N)CCC(C)SC1. The summed E-state index contributed by atoms with van der Waals surface area (Å²) in [4.78, 5) is 11.1. The van der Waals surface area contributed by atoms with Crippen molar-refractivity contribution < 1.29 is 9.53 Å². The number of hydrogen-bond donors (Lipinski definition) is 1. The average molecular weight is 203 g/mol. The smallest absolute Gasteiger partial charge is 0.307 e. The van der Waals surface area contributed by atoms with Crippen molar-refractivity contribution in [2.45, 2.75) is 37.0 Å². The second-order valence-electron chi connectivity index (χ2n) is 3.78. The fraction of sp³-hybridized carbons (Fsp3) is 0.889. The van der Waals surface area contributed by atoms with Crippen molar-refractivity contribution in [3.8, 4) is 0 Å². The highest BCUT2D eigenvalue weighted by Crippen LogP contribution is 2.32. The van der Waals surface area contributed by atoms with E-state index in [1.54, 1.807) is 0 Å². The molecule has 1 rings (SSSR count). The molecule has 0 aromatic rings. The van der Waals surface area contributed by atoms with Crippen LogP contribution in [0.2, 0.25) is 0 Å². The number of rotatable bonds is 2. The van der Waals surface area contributed by atoms with Crippen molar-refractivity contribution >= 4 is 17.7 Å². The molecule has 0 aliphatic carbocycles. The third-order valence-corrected chi connectivity index (χ3v) is 3.97. The van der Waals surface area contributed by atoms with Crippen LogP contribution in [0, 0.1) is 0 Å². The fourth-order valence-electron chi connectivity index (χ4n) is 1.45. The summed E-state index contributed by atoms with van der Waals surface area (Å²) in [5.41, 5.74) is 5.75. The summed E-state index contributed by atoms with van der Waals surface area (Å²) < 4.78 is 4.62. The molecule has 0 saturated carbocycles. The molecule has 4 heteroatoms. The van der Waals surface area contributed by atoms with Gasteiger partial charge in [0.1, 0.15) is 0 Å². The van der Waals surface area contributed by atoms with Crippen LogP contribution in [-0.2, 0) is 9.53 Å². The quantitative estimate of drug-likeness (QED) is 0.684. The zero-order chi connectivity index (χ0) is 9.90. The largest absolute Gasteiger partial charge is 0.469 e. The van der Waals surface area contributed by atoms with Crippen LogP contribution >= 0.6 is 11.8 Å². The zero-order valence-electron chi connectivity index (χ0n) is 8.21. The zero-order valence-corrected chi connectivity index (χ0v) is 9.02. The molecule has 1 saturated heterocycles. The molecule has 1 fully saturated rings. The maximum absolute atomic E-state index is 11.1. The van der Waals surface area contributed by atoms with Crippen LogP contribution in [0.3, 0.4) is 0 Å². The van der Waals surface area contributed by atoms with Crippen LogP contribution in [0.15, 0.2) is 0 Å². The topological polar surface area (TPSA) is 52.3 Å². The Hall–Kier alpha value is -0.220. The van der Waals surface area contributed by atoms with Gasteiger partial charge in [0, 0.05) is 16.5 Å². The van der Waals surface area contributed by atoms with E-state index in [0.29, 0.717) is 11.7 Å². The highest BCUT2D eigenvalue weighted by molar-refractivity contribution is 8.00. The van der Waals surface area contributed by atoms with Crippen LogP contribution in [-0.4, -0.2) is 29.6 Å². The van der Waals surface area contributed by atoms with Crippen LogP contribution in [0.25, 0.3) is 0 Å². The van der Waals surface area contributed by atoms with E-state index >= 15 is 0 Å². The summed E-state index contributed by atoms with van der Waals surface area (Å²) in [7, 11) is 1.41. The number of esters is 1. The summed E-state index contributed by atoms with van der Waals surface area (Å²) in [6.45, 7) is 2.20. The van der Waals surface area contributed by atoms with Crippen molar-refractivity contribution in [1.29, 1.82) is 0 Å². The monoisotopic (exact) mass is 203 g/mol. The average Bonchev–Trinajstić information content (AvgIpc) is 2.10. The van der Waals surface area contributed by atoms with E-state index in [2.05, 4.69) is 11.7 Å². The Morgan fingerprint density at radius 3 is 2.92 bits per heavy atom. The molecule has 2 N–H and O–H groups in total. The molecule has 3 nitrogen and oxygen atoms in total. The van der Waals surface area contributed by atoms with Crippen molar-refractivity contribution in [1.82, 2.24) is 0 Å². The maximum Gasteiger partial charge on any atom is 0.307 e. The summed E-state index contributed by atoms with van der Waals surface area (Å²) >= 11 is 1.84. The van der Waals surface area contributed by atoms with Gasteiger partial charge in [0.15, 0.2) is 0 Å². The molecule has 1 aliphatic rings. The Kier molecular flexibility index (Phi) is 3.62. The first-order valence-electron chi connectivity index (χ1n) is 4.53. The van der Waals surface area contributed by atoms with E-state index < -0.39 is 0 Å². The van der Waals surface area contributed by atoms with Gasteiger partial charge in [-0.25, -0.2) is 0 Å². The molecule has 1 heterocycles. The lowest BCUT2D eigenvalue weighted by Gasteiger charge is -2.34. The summed E-state index contributed by atoms with van der Waals surface area (Å²) in [6.07, 6.45) is 2.37. The second-order valence-corrected chi connectivity index (χ2v) is 5.20. The molecule has 0 amide bonds. The highest BCUT2D eigenvalue weighted by Gasteiger charge is 2.33. The molecular formula is C9H17NO2S. The van der Waals surface area contributed by atoms with Gasteiger partial charge in [0.25, 0.3) is 0 Å². The van der Waals surface area contributed by atoms with E-state index in [-0.39, 0.29) is 11.5 Å². The van der Waals surface area contributed by atoms with Crippen molar-refractivity contribution in [2.75, 3.05) is 12.9 Å². The van der Waals surface area contributed by atoms with Crippen molar-refractivity contribution in [2.24, 2.45) is 5.73 Å². The lowest BCUT2D eigenvalue weighted by atomic mass is 9.92. The highest BCUT2D eigenvalue weighted by atomic mass is 32.2. The molecule has 0 aromatic heterocycles. The van der Waals surface area contributed by atoms with Crippen LogP contribution in [0.1, 0.15) is 26.2 Å². The second kappa shape index (κ2) is 4.33. The molecule has 0 radical (unpaired) electrons. The molecule has 0 aromatic carbocycles. The number of carbonyl (C=O) groups is 1. The molecule has 0 spiro atoms. The summed E-state index contributed by atoms with van der Waals surface area (Å²) in [5, 5.41) is 0.675. The lowest BCUT2D eigenvalue weighted by Crippen LogP contribution is -2.47. The van der Waals surface area contributed by atoms with Crippen LogP contribution in [0.5, 0.6) is 0 Å². The number of methoxy groups -OCH3 is 1. The van der Waals surface area contributed by atoms with Gasteiger partial charge in [-0.1, -0.05) is 6.92 Å². The first kappa shape index (κ1) is 10.9. The number of thioether (sulfide) groups is 1. The Morgan fingerprint density at radius 1 is 1.77 bits per heavy atom. The van der Waals surface area contributed by atoms with E-state index in [1.807, 2.05) is 11.8 Å². The van der Waals surface area contributed by atoms with Gasteiger partial charge in [-0.3, -0.25) is 4.79 Å². The van der Waals surface area contributed by atoms with Crippen LogP contribution < -0.4 is 5.73 Å². The molecule has 2 unspecified atom stereocenters. The van der Waals surface area contributed by atoms with Gasteiger partial charge < -0.3 is 10.5 Å². The van der Waals surface area contributed by atoms with E-state index in [0.717, 1.165) is 18.6 Å². The first-order chi connectivity index (χ1) is 6.06. The van der Waals surface area contributed by atoms with Gasteiger partial charge in [-0.2, -0.15) is 11.8 Å². The van der Waals surface area contributed by atoms with E-state index in [4.69, 9.17) is 5.73 Å². The van der Waals surface area contributed by atoms with Gasteiger partial charge in [-0.15, -0.1) is 0 Å². The first-order valence-corrected chi connectivity index (χ1v) is 5.58. The van der Waals surface area contributed by atoms with E-state index in [1.165, 1.54) is 7.11 Å². The standard InChI is InChI=1S/C9H17NO2S/c1-7-3-4-9(10,6-13-7)5-8(11)12-2/h7H,3-6,10H2,1-2H3. The Bertz CT molecular complexity index is 188. The lowest BCUT2D eigenvalue weighted by molar-refractivity contribution is -0.141. The number of ether oxygens (including phenoxy) is 1. The Labute approximate surface area is 83.4 Å². The minimum atomic E-state index is -0.329. The Morgan fingerprint density at radius 2 is 2.46 bits per heavy atom. The third-order valence-electron chi connectivity index (χ3n) is 2.43. The number of nitrogens with two attached hydrogens (primary N) is 1. The van der Waals surface area contributed by atoms with E-state index in [9.17, 15) is 4.79 Å². The molecule has 76 valence electrons. The molecule has 1 aliphatic heterocycles. The fourth-order valence-corrected chi connectivity index (χ4v) is 2.60. The maximum atomic E-state index is 11.1. The number of hydrogen-bond acceptors (Lipinski definition) is 4. The Balaban J connectivity index is 2.43. The summed E-state index contributed by atoms with van der Waals surface area (Å²) in [6, 6.07) is 0. The van der Waals surface area contributed by atoms with Gasteiger partial charge in [0.05, 0.1) is 13.5 Å². The predicted octanol–water partition coefficient (Wildman–Crippen LogP) is 1.16. The van der Waals surface area contributed by atoms with Crippen molar-refractivity contribution in [3.05, 3.63) is 0 Å². The van der Waals surface area contributed by atoms with Gasteiger partial charge in [-0.05, 0) is 12.8 Å². The molecular weight excluding hydrogens is 186 g/mol. The van der Waals surface area contributed by atoms with Gasteiger partial charge >= 0.3 is 5.97 Å².